The highest BCUT2D eigenvalue weighted by Crippen LogP contribution is 2.03. The monoisotopic (exact) mass is 384 g/mol. The Hall–Kier alpha value is 0.200. The third kappa shape index (κ3) is 14.2. The van der Waals surface area contributed by atoms with E-state index in [1.165, 1.54) is 0 Å². The first-order chi connectivity index (χ1) is 7.56. The minimum atomic E-state index is -3.92. The first-order valence-corrected chi connectivity index (χ1v) is 6.45. The van der Waals surface area contributed by atoms with Crippen LogP contribution in [0.5, 0.6) is 0 Å². The van der Waals surface area contributed by atoms with E-state index in [2.05, 4.69) is 54.7 Å². The first-order valence-electron chi connectivity index (χ1n) is 2.50. The van der Waals surface area contributed by atoms with E-state index in [-0.39, 0.29) is 0 Å². The molecular weight excluding hydrogens is 383 g/mol. The van der Waals surface area contributed by atoms with E-state index in [0.717, 1.165) is 21.2 Å². The minimum Gasteiger partial charge on any atom is -0.219 e. The predicted molar refractivity (Wildman–Crippen MR) is 37.5 cm³/mol. The summed E-state index contributed by atoms with van der Waals surface area (Å²) in [6, 6.07) is 0. The standard InChI is InChI=1S/HIO14S/c1-16(3,4)15-14-13-12-11-10-9-8-7-6-5-2/h2H. The Morgan fingerprint density at radius 2 is 1.12 bits per heavy atom. The summed E-state index contributed by atoms with van der Waals surface area (Å²) in [5.41, 5.74) is 0. The van der Waals surface area contributed by atoms with Crippen molar-refractivity contribution in [2.75, 3.05) is 0 Å². The highest BCUT2D eigenvalue weighted by atomic mass is 127. The molecule has 14 nitrogen and oxygen atoms in total. The molecule has 0 aliphatic rings. The van der Waals surface area contributed by atoms with Gasteiger partial charge in [0.05, 0.1) is 0 Å². The van der Waals surface area contributed by atoms with E-state index in [0.29, 0.717) is 0 Å². The lowest BCUT2D eigenvalue weighted by atomic mass is 14.1. The van der Waals surface area contributed by atoms with Crippen LogP contribution in [0.25, 0.3) is 0 Å². The molecule has 0 saturated heterocycles. The molecule has 0 aliphatic carbocycles. The van der Waals surface area contributed by atoms with E-state index in [1.54, 1.807) is 0 Å². The molecule has 0 spiro atoms. The highest BCUT2D eigenvalue weighted by molar-refractivity contribution is 14.2. The molecule has 0 fully saturated rings. The lowest BCUT2D eigenvalue weighted by Crippen LogP contribution is -2.04. The maximum absolute atomic E-state index is 10.2. The Bertz CT molecular complexity index is 229. The summed E-state index contributed by atoms with van der Waals surface area (Å²) in [5, 5.41) is 40.7. The molecule has 0 aromatic heterocycles. The van der Waals surface area contributed by atoms with Gasteiger partial charge in [0.15, 0.2) is 0 Å². The molecule has 0 atom stereocenters. The van der Waals surface area contributed by atoms with Crippen LogP contribution in [0.3, 0.4) is 0 Å². The van der Waals surface area contributed by atoms with Crippen LogP contribution < -0.4 is 0 Å². The normalized spacial score (nSPS) is 11.9. The zero-order chi connectivity index (χ0) is 12.3. The quantitative estimate of drug-likeness (QED) is 0.159. The number of hydrogen-bond acceptors (Lipinski definition) is 14. The second-order valence-electron chi connectivity index (χ2n) is 1.15. The molecule has 0 aliphatic heterocycles. The van der Waals surface area contributed by atoms with Gasteiger partial charge in [-0.3, -0.25) is 0 Å². The average Bonchev–Trinajstić information content (AvgIpc) is 2.19. The molecule has 0 amide bonds. The van der Waals surface area contributed by atoms with E-state index >= 15 is 0 Å². The largest absolute Gasteiger partial charge is 0.349 e. The van der Waals surface area contributed by atoms with Crippen molar-refractivity contribution in [3.63, 3.8) is 0 Å². The molecule has 0 radical (unpaired) electrons. The zero-order valence-corrected chi connectivity index (χ0v) is 9.51. The van der Waals surface area contributed by atoms with Crippen LogP contribution in [0.15, 0.2) is 0 Å². The van der Waals surface area contributed by atoms with Gasteiger partial charge in [-0.1, -0.05) is 4.33 Å². The van der Waals surface area contributed by atoms with Gasteiger partial charge in [-0.2, -0.15) is 8.42 Å². The third-order valence-corrected chi connectivity index (χ3v) is 1.02. The highest BCUT2D eigenvalue weighted by Gasteiger charge is 2.06. The van der Waals surface area contributed by atoms with E-state index in [4.69, 9.17) is 5.26 Å². The van der Waals surface area contributed by atoms with Crippen LogP contribution >= 0.6 is 21.2 Å². The molecular formula is HIO14S. The Kier molecular flexibility index (Phi) is 10.5. The van der Waals surface area contributed by atoms with E-state index < -0.39 is 7.29 Å². The summed E-state index contributed by atoms with van der Waals surface area (Å²) < 4.78 is 23.9. The fourth-order valence-electron chi connectivity index (χ4n) is 0.136. The summed E-state index contributed by atoms with van der Waals surface area (Å²) in [5.74, 6) is 0. The van der Waals surface area contributed by atoms with Crippen molar-refractivity contribution in [1.82, 2.24) is 0 Å². The van der Waals surface area contributed by atoms with Gasteiger partial charge in [-0.15, -0.1) is 0 Å². The van der Waals surface area contributed by atoms with Gasteiger partial charge in [0, 0.05) is 0 Å². The summed E-state index contributed by atoms with van der Waals surface area (Å²) in [4.78, 5) is 0. The molecule has 1 N–H and O–H groups in total. The Morgan fingerprint density at radius 3 is 1.50 bits per heavy atom. The molecule has 16 heteroatoms. The number of halogens is 1. The second-order valence-corrected chi connectivity index (χ2v) is 5.31. The van der Waals surface area contributed by atoms with Gasteiger partial charge < -0.3 is 0 Å². The fourth-order valence-corrected chi connectivity index (χ4v) is 0.405. The van der Waals surface area contributed by atoms with Gasteiger partial charge in [-0.05, 0) is 50.4 Å². The van der Waals surface area contributed by atoms with Gasteiger partial charge in [0.1, 0.15) is 21.2 Å². The SMILES string of the molecule is O=S(=O)(I)OOOOOOOOOOOO. The maximum Gasteiger partial charge on any atom is 0.349 e. The van der Waals surface area contributed by atoms with Gasteiger partial charge in [0.2, 0.25) is 0 Å². The lowest BCUT2D eigenvalue weighted by Gasteiger charge is -1.97. The van der Waals surface area contributed by atoms with Crippen LogP contribution in [0.4, 0.5) is 0 Å². The van der Waals surface area contributed by atoms with Crippen molar-refractivity contribution in [3.05, 3.63) is 0 Å². The summed E-state index contributed by atoms with van der Waals surface area (Å²) in [6.07, 6.45) is 0. The van der Waals surface area contributed by atoms with Crippen molar-refractivity contribution < 1.29 is 68.4 Å². The predicted octanol–water partition coefficient (Wildman–Crippen LogP) is -0.528. The van der Waals surface area contributed by atoms with Crippen molar-refractivity contribution >= 4 is 28.5 Å². The van der Waals surface area contributed by atoms with E-state index in [9.17, 15) is 8.42 Å². The minimum absolute atomic E-state index is 0.874. The van der Waals surface area contributed by atoms with Crippen LogP contribution in [-0.2, 0) is 62.0 Å². The van der Waals surface area contributed by atoms with Crippen molar-refractivity contribution in [2.45, 2.75) is 0 Å². The fraction of sp³-hybridized carbons (Fsp3) is 0. The van der Waals surface area contributed by atoms with Gasteiger partial charge in [-0.25, -0.2) is 5.26 Å². The topological polar surface area (TPSA) is 156 Å². The molecule has 0 saturated carbocycles. The average molecular weight is 384 g/mol. The van der Waals surface area contributed by atoms with Crippen molar-refractivity contribution in [3.8, 4) is 0 Å². The Morgan fingerprint density at radius 1 is 0.750 bits per heavy atom. The summed E-state index contributed by atoms with van der Waals surface area (Å²) in [7, 11) is -3.92. The van der Waals surface area contributed by atoms with Crippen LogP contribution in [-0.4, -0.2) is 13.7 Å². The lowest BCUT2D eigenvalue weighted by molar-refractivity contribution is -0.860. The molecule has 0 aromatic rings. The number of rotatable bonds is 11. The molecule has 0 rings (SSSR count). The third-order valence-electron chi connectivity index (χ3n) is 0.362. The second kappa shape index (κ2) is 10.4. The summed E-state index contributed by atoms with van der Waals surface area (Å²) in [6.45, 7) is 0. The van der Waals surface area contributed by atoms with Gasteiger partial charge >= 0.3 is 7.29 Å². The molecule has 0 bridgehead atoms. The molecule has 16 heavy (non-hydrogen) atoms. The van der Waals surface area contributed by atoms with Crippen molar-refractivity contribution in [1.29, 1.82) is 0 Å². The maximum atomic E-state index is 10.2. The first kappa shape index (κ1) is 16.2. The van der Waals surface area contributed by atoms with Crippen LogP contribution in [0.1, 0.15) is 0 Å². The molecule has 0 heterocycles. The van der Waals surface area contributed by atoms with Gasteiger partial charge in [0.25, 0.3) is 0 Å². The van der Waals surface area contributed by atoms with Crippen molar-refractivity contribution in [2.24, 2.45) is 0 Å². The Balaban J connectivity index is 3.05. The van der Waals surface area contributed by atoms with Crippen LogP contribution in [0, 0.1) is 0 Å². The molecule has 98 valence electrons. The zero-order valence-electron chi connectivity index (χ0n) is 6.54. The summed E-state index contributed by atoms with van der Waals surface area (Å²) >= 11 is 0.874. The Labute approximate surface area is 97.2 Å². The van der Waals surface area contributed by atoms with E-state index in [1.807, 2.05) is 0 Å². The van der Waals surface area contributed by atoms with Crippen LogP contribution in [0.2, 0.25) is 0 Å². The molecule has 0 unspecified atom stereocenters. The molecule has 0 aromatic carbocycles. The number of hydrogen-bond donors (Lipinski definition) is 1. The smallest absolute Gasteiger partial charge is 0.219 e.